The zero-order chi connectivity index (χ0) is 21.1. The average molecular weight is 434 g/mol. The quantitative estimate of drug-likeness (QED) is 0.697. The Labute approximate surface area is 179 Å². The number of morpholine rings is 1. The summed E-state index contributed by atoms with van der Waals surface area (Å²) >= 11 is 0. The first kappa shape index (κ1) is 21.5. The maximum absolute atomic E-state index is 13.0. The number of hydrogen-bond donors (Lipinski definition) is 0. The van der Waals surface area contributed by atoms with E-state index in [1.165, 1.54) is 11.1 Å². The van der Waals surface area contributed by atoms with Crippen LogP contribution in [0.15, 0.2) is 33.7 Å². The second-order valence-corrected chi connectivity index (χ2v) is 10.3. The molecule has 2 aliphatic rings. The van der Waals surface area contributed by atoms with Crippen molar-refractivity contribution in [3.8, 4) is 0 Å². The van der Waals surface area contributed by atoms with Crippen molar-refractivity contribution >= 4 is 10.0 Å². The number of piperidine rings is 1. The van der Waals surface area contributed by atoms with Gasteiger partial charge in [-0.15, -0.1) is 0 Å². The van der Waals surface area contributed by atoms with Crippen molar-refractivity contribution in [3.05, 3.63) is 46.8 Å². The number of aryl methyl sites for hydroxylation is 2. The molecule has 0 radical (unpaired) electrons. The molecule has 0 spiro atoms. The zero-order valence-corrected chi connectivity index (χ0v) is 18.7. The summed E-state index contributed by atoms with van der Waals surface area (Å²) in [5, 5.41) is 3.80. The topological polar surface area (TPSA) is 75.9 Å². The summed E-state index contributed by atoms with van der Waals surface area (Å²) < 4.78 is 38.0. The summed E-state index contributed by atoms with van der Waals surface area (Å²) in [6.45, 7) is 9.04. The lowest BCUT2D eigenvalue weighted by Gasteiger charge is -2.31. The van der Waals surface area contributed by atoms with Gasteiger partial charge in [0.25, 0.3) is 0 Å². The van der Waals surface area contributed by atoms with Crippen molar-refractivity contribution in [1.29, 1.82) is 0 Å². The van der Waals surface area contributed by atoms with Crippen molar-refractivity contribution in [3.63, 3.8) is 0 Å². The lowest BCUT2D eigenvalue weighted by Crippen LogP contribution is -2.39. The highest BCUT2D eigenvalue weighted by molar-refractivity contribution is 7.89. The van der Waals surface area contributed by atoms with Gasteiger partial charge in [0, 0.05) is 32.7 Å². The van der Waals surface area contributed by atoms with E-state index in [0.717, 1.165) is 52.1 Å². The molecule has 164 valence electrons. The van der Waals surface area contributed by atoms with Crippen LogP contribution in [0.2, 0.25) is 0 Å². The number of hydrogen-bond acceptors (Lipinski definition) is 6. The fourth-order valence-electron chi connectivity index (χ4n) is 4.46. The SMILES string of the molecule is Cc1noc(C)c1S(=O)(=O)N1CCC(Cc2ccc(CN3CCOCC3)cc2)CC1. The van der Waals surface area contributed by atoms with E-state index < -0.39 is 10.0 Å². The van der Waals surface area contributed by atoms with E-state index in [4.69, 9.17) is 9.26 Å². The van der Waals surface area contributed by atoms with E-state index in [1.807, 2.05) is 0 Å². The third-order valence-electron chi connectivity index (χ3n) is 6.20. The molecule has 0 amide bonds. The van der Waals surface area contributed by atoms with Crippen molar-refractivity contribution < 1.29 is 17.7 Å². The molecule has 30 heavy (non-hydrogen) atoms. The summed E-state index contributed by atoms with van der Waals surface area (Å²) in [6, 6.07) is 8.90. The Morgan fingerprint density at radius 3 is 2.23 bits per heavy atom. The van der Waals surface area contributed by atoms with Crippen molar-refractivity contribution in [2.75, 3.05) is 39.4 Å². The molecule has 3 heterocycles. The van der Waals surface area contributed by atoms with Crippen LogP contribution in [0.25, 0.3) is 0 Å². The van der Waals surface area contributed by atoms with Gasteiger partial charge >= 0.3 is 0 Å². The molecule has 0 bridgehead atoms. The fraction of sp³-hybridized carbons (Fsp3) is 0.591. The van der Waals surface area contributed by atoms with Crippen LogP contribution >= 0.6 is 0 Å². The second kappa shape index (κ2) is 9.18. The van der Waals surface area contributed by atoms with Crippen LogP contribution in [0, 0.1) is 19.8 Å². The summed E-state index contributed by atoms with van der Waals surface area (Å²) in [5.41, 5.74) is 3.10. The number of sulfonamides is 1. The van der Waals surface area contributed by atoms with Gasteiger partial charge in [-0.3, -0.25) is 4.90 Å². The van der Waals surface area contributed by atoms with Gasteiger partial charge < -0.3 is 9.26 Å². The predicted octanol–water partition coefficient (Wildman–Crippen LogP) is 2.77. The highest BCUT2D eigenvalue weighted by Gasteiger charge is 2.33. The Morgan fingerprint density at radius 1 is 1.00 bits per heavy atom. The minimum atomic E-state index is -3.53. The van der Waals surface area contributed by atoms with Crippen LogP contribution in [0.4, 0.5) is 0 Å². The molecule has 0 N–H and O–H groups in total. The van der Waals surface area contributed by atoms with E-state index in [-0.39, 0.29) is 4.90 Å². The van der Waals surface area contributed by atoms with Crippen molar-refractivity contribution in [2.24, 2.45) is 5.92 Å². The first-order chi connectivity index (χ1) is 14.4. The number of benzene rings is 1. The molecule has 2 aromatic rings. The number of rotatable bonds is 6. The third kappa shape index (κ3) is 4.77. The maximum Gasteiger partial charge on any atom is 0.248 e. The van der Waals surface area contributed by atoms with Crippen LogP contribution < -0.4 is 0 Å². The standard InChI is InChI=1S/C22H31N3O4S/c1-17-22(18(2)29-23-17)30(26,27)25-9-7-20(8-10-25)15-19-3-5-21(6-4-19)16-24-11-13-28-14-12-24/h3-6,20H,7-16H2,1-2H3. The first-order valence-electron chi connectivity index (χ1n) is 10.7. The van der Waals surface area contributed by atoms with E-state index in [2.05, 4.69) is 34.3 Å². The van der Waals surface area contributed by atoms with E-state index in [1.54, 1.807) is 18.2 Å². The molecule has 0 atom stereocenters. The first-order valence-corrected chi connectivity index (χ1v) is 12.2. The normalized spacial score (nSPS) is 19.9. The van der Waals surface area contributed by atoms with Gasteiger partial charge in [-0.25, -0.2) is 8.42 Å². The van der Waals surface area contributed by atoms with Gasteiger partial charge in [0.1, 0.15) is 10.6 Å². The lowest BCUT2D eigenvalue weighted by atomic mass is 9.91. The average Bonchev–Trinajstić information content (AvgIpc) is 3.09. The van der Waals surface area contributed by atoms with Gasteiger partial charge in [0.05, 0.1) is 13.2 Å². The molecule has 1 aromatic carbocycles. The molecule has 0 aliphatic carbocycles. The molecular formula is C22H31N3O4S. The second-order valence-electron chi connectivity index (χ2n) is 8.41. The molecular weight excluding hydrogens is 402 g/mol. The molecule has 1 aromatic heterocycles. The monoisotopic (exact) mass is 433 g/mol. The van der Waals surface area contributed by atoms with Crippen LogP contribution in [0.1, 0.15) is 35.4 Å². The van der Waals surface area contributed by atoms with Crippen molar-refractivity contribution in [2.45, 2.75) is 44.6 Å². The number of ether oxygens (including phenoxy) is 1. The van der Waals surface area contributed by atoms with Crippen molar-refractivity contribution in [1.82, 2.24) is 14.4 Å². The van der Waals surface area contributed by atoms with E-state index >= 15 is 0 Å². The highest BCUT2D eigenvalue weighted by atomic mass is 32.2. The number of aromatic nitrogens is 1. The van der Waals surface area contributed by atoms with Crippen LogP contribution in [-0.2, 0) is 27.7 Å². The summed E-state index contributed by atoms with van der Waals surface area (Å²) in [7, 11) is -3.53. The maximum atomic E-state index is 13.0. The fourth-order valence-corrected chi connectivity index (χ4v) is 6.22. The minimum absolute atomic E-state index is 0.233. The zero-order valence-electron chi connectivity index (χ0n) is 17.8. The smallest absolute Gasteiger partial charge is 0.248 e. The molecule has 0 saturated carbocycles. The van der Waals surface area contributed by atoms with Crippen LogP contribution in [0.5, 0.6) is 0 Å². The Bertz CT molecular complexity index is 922. The molecule has 0 unspecified atom stereocenters. The van der Waals surface area contributed by atoms with Gasteiger partial charge in [-0.1, -0.05) is 29.4 Å². The minimum Gasteiger partial charge on any atom is -0.379 e. The predicted molar refractivity (Wildman–Crippen MR) is 114 cm³/mol. The molecule has 7 nitrogen and oxygen atoms in total. The summed E-state index contributed by atoms with van der Waals surface area (Å²) in [5.74, 6) is 0.873. The lowest BCUT2D eigenvalue weighted by molar-refractivity contribution is 0.0342. The van der Waals surface area contributed by atoms with Gasteiger partial charge in [-0.05, 0) is 50.2 Å². The Balaban J connectivity index is 1.30. The molecule has 2 fully saturated rings. The van der Waals surface area contributed by atoms with E-state index in [9.17, 15) is 8.42 Å². The Morgan fingerprint density at radius 2 is 1.63 bits per heavy atom. The third-order valence-corrected chi connectivity index (χ3v) is 8.34. The van der Waals surface area contributed by atoms with Crippen LogP contribution in [0.3, 0.4) is 0 Å². The highest BCUT2D eigenvalue weighted by Crippen LogP contribution is 2.29. The van der Waals surface area contributed by atoms with Crippen LogP contribution in [-0.4, -0.2) is 62.2 Å². The number of nitrogens with zero attached hydrogens (tertiary/aromatic N) is 3. The molecule has 4 rings (SSSR count). The van der Waals surface area contributed by atoms with Gasteiger partial charge in [-0.2, -0.15) is 4.31 Å². The largest absolute Gasteiger partial charge is 0.379 e. The Hall–Kier alpha value is -1.74. The molecule has 2 aliphatic heterocycles. The van der Waals surface area contributed by atoms with Gasteiger partial charge in [0.2, 0.25) is 10.0 Å². The molecule has 2 saturated heterocycles. The summed E-state index contributed by atoms with van der Waals surface area (Å²) in [4.78, 5) is 2.66. The summed E-state index contributed by atoms with van der Waals surface area (Å²) in [6.07, 6.45) is 2.74. The molecule has 8 heteroatoms. The van der Waals surface area contributed by atoms with E-state index in [0.29, 0.717) is 30.5 Å². The Kier molecular flexibility index (Phi) is 6.57. The van der Waals surface area contributed by atoms with Gasteiger partial charge in [0.15, 0.2) is 5.76 Å².